The highest BCUT2D eigenvalue weighted by atomic mass is 16.3. The second-order valence-corrected chi connectivity index (χ2v) is 12.6. The van der Waals surface area contributed by atoms with Gasteiger partial charge < -0.3 is 4.42 Å². The molecule has 3 heteroatoms. The predicted octanol–water partition coefficient (Wildman–Crippen LogP) is 12.5. The monoisotopic (exact) mass is 624 g/mol. The molecule has 0 amide bonds. The van der Waals surface area contributed by atoms with Crippen LogP contribution in [0.4, 0.5) is 0 Å². The van der Waals surface area contributed by atoms with Crippen molar-refractivity contribution in [2.75, 3.05) is 0 Å². The van der Waals surface area contributed by atoms with Crippen LogP contribution in [0.1, 0.15) is 0 Å². The van der Waals surface area contributed by atoms with Crippen LogP contribution in [0.5, 0.6) is 0 Å². The molecular weight excluding hydrogens is 597 g/mol. The van der Waals surface area contributed by atoms with Crippen molar-refractivity contribution in [3.63, 3.8) is 0 Å². The third-order valence-corrected chi connectivity index (χ3v) is 9.70. The van der Waals surface area contributed by atoms with E-state index < -0.39 is 0 Å². The van der Waals surface area contributed by atoms with Crippen molar-refractivity contribution in [3.8, 4) is 44.6 Å². The van der Waals surface area contributed by atoms with Gasteiger partial charge in [0.1, 0.15) is 11.2 Å². The van der Waals surface area contributed by atoms with Crippen molar-refractivity contribution in [1.29, 1.82) is 0 Å². The van der Waals surface area contributed by atoms with E-state index in [1.54, 1.807) is 0 Å². The van der Waals surface area contributed by atoms with Gasteiger partial charge in [0, 0.05) is 38.7 Å². The molecule has 0 aliphatic heterocycles. The Morgan fingerprint density at radius 2 is 1.08 bits per heavy atom. The quantitative estimate of drug-likeness (QED) is 0.183. The summed E-state index contributed by atoms with van der Waals surface area (Å²) in [5.74, 6) is 0. The first-order valence-electron chi connectivity index (χ1n) is 16.6. The largest absolute Gasteiger partial charge is 0.455 e. The molecule has 0 fully saturated rings. The average Bonchev–Trinajstić information content (AvgIpc) is 3.56. The van der Waals surface area contributed by atoms with Gasteiger partial charge in [0.15, 0.2) is 0 Å². The average molecular weight is 625 g/mol. The molecule has 3 aromatic heterocycles. The Bertz CT molecular complexity index is 2890. The van der Waals surface area contributed by atoms with Crippen molar-refractivity contribution in [1.82, 2.24) is 9.97 Å². The zero-order valence-corrected chi connectivity index (χ0v) is 26.5. The molecule has 0 saturated heterocycles. The number of furan rings is 1. The van der Waals surface area contributed by atoms with Crippen LogP contribution >= 0.6 is 0 Å². The first kappa shape index (κ1) is 27.5. The lowest BCUT2D eigenvalue weighted by Crippen LogP contribution is -1.89. The van der Waals surface area contributed by atoms with E-state index >= 15 is 0 Å². The first-order chi connectivity index (χ1) is 24.3. The molecule has 0 N–H and O–H groups in total. The summed E-state index contributed by atoms with van der Waals surface area (Å²) < 4.78 is 6.72. The number of hydrogen-bond acceptors (Lipinski definition) is 3. The van der Waals surface area contributed by atoms with Gasteiger partial charge in [0.2, 0.25) is 0 Å². The summed E-state index contributed by atoms with van der Waals surface area (Å²) in [4.78, 5) is 9.80. The molecule has 3 nitrogen and oxygen atoms in total. The number of pyridine rings is 2. The second kappa shape index (κ2) is 11.0. The van der Waals surface area contributed by atoms with Crippen molar-refractivity contribution in [2.24, 2.45) is 0 Å². The van der Waals surface area contributed by atoms with Crippen molar-refractivity contribution >= 4 is 54.5 Å². The predicted molar refractivity (Wildman–Crippen MR) is 204 cm³/mol. The fourth-order valence-corrected chi connectivity index (χ4v) is 7.34. The molecule has 228 valence electrons. The Balaban J connectivity index is 1.13. The molecule has 0 bridgehead atoms. The molecule has 0 aliphatic rings. The van der Waals surface area contributed by atoms with Crippen LogP contribution in [-0.4, -0.2) is 9.97 Å². The van der Waals surface area contributed by atoms with E-state index in [-0.39, 0.29) is 0 Å². The Hall–Kier alpha value is -6.58. The SMILES string of the molecule is c1ccc(-c2ccccc2-c2ccc3c(c2)oc2c4ccccc4c(-c4cccc(-c5ccc6ccc7cccnc7c6n5)c4)cc32)cc1. The van der Waals surface area contributed by atoms with E-state index in [9.17, 15) is 0 Å². The van der Waals surface area contributed by atoms with E-state index in [4.69, 9.17) is 9.40 Å². The van der Waals surface area contributed by atoms with Gasteiger partial charge in [-0.1, -0.05) is 127 Å². The Morgan fingerprint density at radius 1 is 0.388 bits per heavy atom. The number of benzene rings is 7. The lowest BCUT2D eigenvalue weighted by atomic mass is 9.92. The van der Waals surface area contributed by atoms with E-state index in [0.717, 1.165) is 76.9 Å². The maximum absolute atomic E-state index is 6.72. The molecule has 0 radical (unpaired) electrons. The summed E-state index contributed by atoms with van der Waals surface area (Å²) in [5, 5.41) is 6.65. The summed E-state index contributed by atoms with van der Waals surface area (Å²) in [6.07, 6.45) is 1.84. The molecule has 0 saturated carbocycles. The molecule has 3 heterocycles. The molecule has 49 heavy (non-hydrogen) atoms. The fourth-order valence-electron chi connectivity index (χ4n) is 7.34. The van der Waals surface area contributed by atoms with E-state index in [1.807, 2.05) is 12.3 Å². The van der Waals surface area contributed by atoms with E-state index in [0.29, 0.717) is 0 Å². The summed E-state index contributed by atoms with van der Waals surface area (Å²) in [6.45, 7) is 0. The highest BCUT2D eigenvalue weighted by Gasteiger charge is 2.17. The summed E-state index contributed by atoms with van der Waals surface area (Å²) in [7, 11) is 0. The molecule has 0 aliphatic carbocycles. The summed E-state index contributed by atoms with van der Waals surface area (Å²) in [6, 6.07) is 57.9. The van der Waals surface area contributed by atoms with Crippen LogP contribution in [0, 0.1) is 0 Å². The molecule has 10 aromatic rings. The van der Waals surface area contributed by atoms with Gasteiger partial charge in [-0.3, -0.25) is 4.98 Å². The van der Waals surface area contributed by atoms with Gasteiger partial charge in [-0.15, -0.1) is 0 Å². The highest BCUT2D eigenvalue weighted by molar-refractivity contribution is 6.19. The zero-order valence-electron chi connectivity index (χ0n) is 26.5. The van der Waals surface area contributed by atoms with Crippen LogP contribution in [0.25, 0.3) is 99.2 Å². The first-order valence-corrected chi connectivity index (χ1v) is 16.6. The normalized spacial score (nSPS) is 11.7. The number of nitrogens with zero attached hydrogens (tertiary/aromatic N) is 2. The van der Waals surface area contributed by atoms with Gasteiger partial charge in [-0.25, -0.2) is 4.98 Å². The summed E-state index contributed by atoms with van der Waals surface area (Å²) in [5.41, 5.74) is 12.7. The minimum Gasteiger partial charge on any atom is -0.455 e. The van der Waals surface area contributed by atoms with Gasteiger partial charge in [-0.2, -0.15) is 0 Å². The third kappa shape index (κ3) is 4.51. The molecule has 10 rings (SSSR count). The lowest BCUT2D eigenvalue weighted by Gasteiger charge is -2.11. The molecule has 7 aromatic carbocycles. The third-order valence-electron chi connectivity index (χ3n) is 9.70. The molecular formula is C46H28N2O. The number of aromatic nitrogens is 2. The summed E-state index contributed by atoms with van der Waals surface area (Å²) >= 11 is 0. The highest BCUT2D eigenvalue weighted by Crippen LogP contribution is 2.42. The minimum atomic E-state index is 0.882. The van der Waals surface area contributed by atoms with Gasteiger partial charge in [-0.05, 0) is 75.2 Å². The Morgan fingerprint density at radius 3 is 1.96 bits per heavy atom. The van der Waals surface area contributed by atoms with Gasteiger partial charge in [0.05, 0.1) is 16.7 Å². The van der Waals surface area contributed by atoms with E-state index in [2.05, 4.69) is 163 Å². The van der Waals surface area contributed by atoms with Crippen molar-refractivity contribution in [3.05, 3.63) is 170 Å². The Kier molecular flexibility index (Phi) is 6.18. The van der Waals surface area contributed by atoms with Crippen LogP contribution < -0.4 is 0 Å². The van der Waals surface area contributed by atoms with Crippen molar-refractivity contribution in [2.45, 2.75) is 0 Å². The number of rotatable bonds is 4. The fraction of sp³-hybridized carbons (Fsp3) is 0. The van der Waals surface area contributed by atoms with Crippen LogP contribution in [0.2, 0.25) is 0 Å². The topological polar surface area (TPSA) is 38.9 Å². The molecule has 0 spiro atoms. The van der Waals surface area contributed by atoms with Crippen LogP contribution in [0.3, 0.4) is 0 Å². The van der Waals surface area contributed by atoms with E-state index in [1.165, 1.54) is 22.3 Å². The molecule has 0 unspecified atom stereocenters. The number of fused-ring (bicyclic) bond motifs is 8. The minimum absolute atomic E-state index is 0.882. The smallest absolute Gasteiger partial charge is 0.143 e. The van der Waals surface area contributed by atoms with Crippen LogP contribution in [0.15, 0.2) is 174 Å². The van der Waals surface area contributed by atoms with Crippen molar-refractivity contribution < 1.29 is 4.42 Å². The molecule has 0 atom stereocenters. The van der Waals surface area contributed by atoms with Gasteiger partial charge >= 0.3 is 0 Å². The van der Waals surface area contributed by atoms with Gasteiger partial charge in [0.25, 0.3) is 0 Å². The van der Waals surface area contributed by atoms with Crippen LogP contribution in [-0.2, 0) is 0 Å². The number of hydrogen-bond donors (Lipinski definition) is 0. The lowest BCUT2D eigenvalue weighted by molar-refractivity contribution is 0.673. The Labute approximate surface area is 282 Å². The maximum atomic E-state index is 6.72. The second-order valence-electron chi connectivity index (χ2n) is 12.6. The zero-order chi connectivity index (χ0) is 32.3. The maximum Gasteiger partial charge on any atom is 0.143 e. The standard InChI is InChI=1S/C46H28N2O/c1-2-10-29(11-3-1)35-15-4-5-16-36(35)33-21-23-38-41-28-40(37-17-6-7-18-39(37)46(41)49-43(38)27-33)32-12-8-13-34(26-32)42-24-22-31-20-19-30-14-9-25-47-44(30)45(31)48-42/h1-28H.